The Kier molecular flexibility index (Phi) is 7.83. The molecule has 1 N–H and O–H groups in total. The zero-order chi connectivity index (χ0) is 30.0. The van der Waals surface area contributed by atoms with E-state index in [1.54, 1.807) is 35.0 Å². The van der Waals surface area contributed by atoms with E-state index in [1.807, 2.05) is 13.8 Å². The Hall–Kier alpha value is -5.32. The van der Waals surface area contributed by atoms with Gasteiger partial charge < -0.3 is 24.1 Å². The minimum atomic E-state index is -0.906. The Balaban J connectivity index is 1.40. The lowest BCUT2D eigenvalue weighted by molar-refractivity contribution is 0.102. The number of benzene rings is 2. The van der Waals surface area contributed by atoms with Gasteiger partial charge in [-0.2, -0.15) is 0 Å². The van der Waals surface area contributed by atoms with E-state index < -0.39 is 23.0 Å². The van der Waals surface area contributed by atoms with Crippen molar-refractivity contribution in [3.63, 3.8) is 0 Å². The molecule has 0 unspecified atom stereocenters. The fraction of sp³-hybridized carbons (Fsp3) is 0.161. The number of anilines is 1. The molecule has 0 bridgehead atoms. The van der Waals surface area contributed by atoms with Crippen molar-refractivity contribution in [2.24, 2.45) is 0 Å². The number of aromatic nitrogens is 3. The maximum absolute atomic E-state index is 14.6. The first-order chi connectivity index (χ1) is 20.2. The van der Waals surface area contributed by atoms with E-state index in [9.17, 15) is 18.4 Å². The summed E-state index contributed by atoms with van der Waals surface area (Å²) in [6, 6.07) is 11.1. The van der Waals surface area contributed by atoms with Gasteiger partial charge in [0.1, 0.15) is 34.5 Å². The van der Waals surface area contributed by atoms with Crippen LogP contribution in [0.5, 0.6) is 23.0 Å². The summed E-state index contributed by atoms with van der Waals surface area (Å²) in [5.41, 5.74) is -0.461. The average Bonchev–Trinajstić information content (AvgIpc) is 2.97. The van der Waals surface area contributed by atoms with Crippen LogP contribution < -0.4 is 25.0 Å². The predicted octanol–water partition coefficient (Wildman–Crippen LogP) is 6.38. The molecule has 0 fully saturated rings. The first kappa shape index (κ1) is 28.2. The summed E-state index contributed by atoms with van der Waals surface area (Å²) in [5.74, 6) is -0.327. The number of rotatable bonds is 8. The number of amides is 1. The van der Waals surface area contributed by atoms with Crippen LogP contribution in [0.15, 0.2) is 78.1 Å². The molecule has 0 spiro atoms. The Morgan fingerprint density at radius 2 is 1.67 bits per heavy atom. The smallest absolute Gasteiger partial charge is 0.262 e. The highest BCUT2D eigenvalue weighted by Gasteiger charge is 2.20. The van der Waals surface area contributed by atoms with Crippen LogP contribution in [0.2, 0.25) is 0 Å². The topological polar surface area (TPSA) is 105 Å². The number of ether oxygens (including phenoxy) is 3. The van der Waals surface area contributed by atoms with E-state index in [4.69, 9.17) is 14.2 Å². The first-order valence-electron chi connectivity index (χ1n) is 12.9. The van der Waals surface area contributed by atoms with Gasteiger partial charge in [0.05, 0.1) is 25.9 Å². The van der Waals surface area contributed by atoms with Gasteiger partial charge in [-0.15, -0.1) is 0 Å². The SMILES string of the molecule is COc1cc2nccc(Oc3ccc(NC(=O)c4cn(C(C)C)cc(-c5ccc(F)cc5F)c4=O)nc3)c2cc1OC. The fourth-order valence-electron chi connectivity index (χ4n) is 4.32. The van der Waals surface area contributed by atoms with Crippen LogP contribution in [0, 0.1) is 11.6 Å². The van der Waals surface area contributed by atoms with E-state index in [-0.39, 0.29) is 28.6 Å². The number of carbonyl (C=O) groups is 1. The zero-order valence-corrected chi connectivity index (χ0v) is 23.1. The molecule has 5 rings (SSSR count). The first-order valence-corrected chi connectivity index (χ1v) is 12.9. The van der Waals surface area contributed by atoms with Crippen LogP contribution in [0.4, 0.5) is 14.6 Å². The van der Waals surface area contributed by atoms with Gasteiger partial charge in [-0.25, -0.2) is 13.8 Å². The van der Waals surface area contributed by atoms with E-state index in [1.165, 1.54) is 44.9 Å². The number of pyridine rings is 3. The van der Waals surface area contributed by atoms with Crippen molar-refractivity contribution in [3.05, 3.63) is 101 Å². The molecular formula is C31H26F2N4O5. The molecule has 0 saturated heterocycles. The van der Waals surface area contributed by atoms with E-state index in [0.29, 0.717) is 40.0 Å². The lowest BCUT2D eigenvalue weighted by atomic mass is 10.0. The van der Waals surface area contributed by atoms with Crippen molar-refractivity contribution in [2.75, 3.05) is 19.5 Å². The van der Waals surface area contributed by atoms with E-state index in [2.05, 4.69) is 15.3 Å². The van der Waals surface area contributed by atoms with Crippen molar-refractivity contribution in [3.8, 4) is 34.1 Å². The Morgan fingerprint density at radius 3 is 2.33 bits per heavy atom. The molecule has 3 heterocycles. The molecule has 42 heavy (non-hydrogen) atoms. The maximum Gasteiger partial charge on any atom is 0.262 e. The molecule has 0 aliphatic rings. The van der Waals surface area contributed by atoms with Gasteiger partial charge in [0.15, 0.2) is 11.5 Å². The molecule has 214 valence electrons. The zero-order valence-electron chi connectivity index (χ0n) is 23.1. The number of nitrogens with zero attached hydrogens (tertiary/aromatic N) is 3. The summed E-state index contributed by atoms with van der Waals surface area (Å²) in [6.45, 7) is 3.69. The van der Waals surface area contributed by atoms with Crippen LogP contribution >= 0.6 is 0 Å². The minimum Gasteiger partial charge on any atom is -0.493 e. The van der Waals surface area contributed by atoms with Crippen LogP contribution in [0.1, 0.15) is 30.2 Å². The van der Waals surface area contributed by atoms with E-state index >= 15 is 0 Å². The normalized spacial score (nSPS) is 11.0. The van der Waals surface area contributed by atoms with Gasteiger partial charge in [0.25, 0.3) is 5.91 Å². The highest BCUT2D eigenvalue weighted by molar-refractivity contribution is 6.04. The molecule has 2 aromatic carbocycles. The lowest BCUT2D eigenvalue weighted by Gasteiger charge is -2.15. The Bertz CT molecular complexity index is 1860. The lowest BCUT2D eigenvalue weighted by Crippen LogP contribution is -2.25. The van der Waals surface area contributed by atoms with Gasteiger partial charge in [0.2, 0.25) is 5.43 Å². The van der Waals surface area contributed by atoms with Gasteiger partial charge in [-0.1, -0.05) is 0 Å². The van der Waals surface area contributed by atoms with Gasteiger partial charge in [0, 0.05) is 53.3 Å². The number of fused-ring (bicyclic) bond motifs is 1. The maximum atomic E-state index is 14.6. The average molecular weight is 573 g/mol. The third kappa shape index (κ3) is 5.62. The predicted molar refractivity (Wildman–Crippen MR) is 154 cm³/mol. The third-order valence-corrected chi connectivity index (χ3v) is 6.52. The highest BCUT2D eigenvalue weighted by atomic mass is 19.1. The van der Waals surface area contributed by atoms with Gasteiger partial charge in [-0.3, -0.25) is 14.6 Å². The van der Waals surface area contributed by atoms with Crippen molar-refractivity contribution in [1.82, 2.24) is 14.5 Å². The number of hydrogen-bond acceptors (Lipinski definition) is 7. The Morgan fingerprint density at radius 1 is 0.905 bits per heavy atom. The largest absolute Gasteiger partial charge is 0.493 e. The van der Waals surface area contributed by atoms with Crippen molar-refractivity contribution in [2.45, 2.75) is 19.9 Å². The van der Waals surface area contributed by atoms with Crippen LogP contribution in [-0.4, -0.2) is 34.7 Å². The molecule has 0 aliphatic carbocycles. The molecule has 0 saturated carbocycles. The number of halogens is 2. The number of hydrogen-bond donors (Lipinski definition) is 1. The highest BCUT2D eigenvalue weighted by Crippen LogP contribution is 2.36. The number of nitrogens with one attached hydrogen (secondary N) is 1. The summed E-state index contributed by atoms with van der Waals surface area (Å²) in [5, 5.41) is 3.29. The van der Waals surface area contributed by atoms with Crippen LogP contribution in [0.3, 0.4) is 0 Å². The molecule has 9 nitrogen and oxygen atoms in total. The Labute approximate surface area is 239 Å². The summed E-state index contributed by atoms with van der Waals surface area (Å²) in [4.78, 5) is 35.1. The molecule has 0 aliphatic heterocycles. The van der Waals surface area contributed by atoms with Crippen LogP contribution in [-0.2, 0) is 0 Å². The minimum absolute atomic E-state index is 0.0654. The van der Waals surface area contributed by atoms with Gasteiger partial charge >= 0.3 is 0 Å². The number of carbonyl (C=O) groups excluding carboxylic acids is 1. The second-order valence-corrected chi connectivity index (χ2v) is 9.55. The standard InChI is InChI=1S/C31H26F2N4O5/c1-17(2)37-15-22(20-7-5-18(32)11-24(20)33)30(38)23(16-37)31(39)36-29-8-6-19(14-35-29)42-26-9-10-34-25-13-28(41-4)27(40-3)12-21(25)26/h5-17H,1-4H3,(H,35,36,39). The summed E-state index contributed by atoms with van der Waals surface area (Å²) in [7, 11) is 3.07. The summed E-state index contributed by atoms with van der Waals surface area (Å²) >= 11 is 0. The second kappa shape index (κ2) is 11.7. The van der Waals surface area contributed by atoms with Crippen molar-refractivity contribution in [1.29, 1.82) is 0 Å². The molecule has 5 aromatic rings. The molecular weight excluding hydrogens is 546 g/mol. The second-order valence-electron chi connectivity index (χ2n) is 9.55. The molecule has 11 heteroatoms. The fourth-order valence-corrected chi connectivity index (χ4v) is 4.32. The van der Waals surface area contributed by atoms with Crippen LogP contribution in [0.25, 0.3) is 22.0 Å². The third-order valence-electron chi connectivity index (χ3n) is 6.52. The van der Waals surface area contributed by atoms with E-state index in [0.717, 1.165) is 6.07 Å². The van der Waals surface area contributed by atoms with Gasteiger partial charge in [-0.05, 0) is 50.2 Å². The molecule has 1 amide bonds. The molecule has 3 aromatic heterocycles. The molecule has 0 radical (unpaired) electrons. The summed E-state index contributed by atoms with van der Waals surface area (Å²) in [6.07, 6.45) is 5.85. The monoisotopic (exact) mass is 572 g/mol. The molecule has 0 atom stereocenters. The number of methoxy groups -OCH3 is 2. The van der Waals surface area contributed by atoms with Crippen molar-refractivity contribution >= 4 is 22.6 Å². The quantitative estimate of drug-likeness (QED) is 0.230. The van der Waals surface area contributed by atoms with Crippen molar-refractivity contribution < 1.29 is 27.8 Å². The summed E-state index contributed by atoms with van der Waals surface area (Å²) < 4.78 is 46.4.